The zero-order valence-electron chi connectivity index (χ0n) is 12.0. The van der Waals surface area contributed by atoms with E-state index in [2.05, 4.69) is 5.32 Å². The summed E-state index contributed by atoms with van der Waals surface area (Å²) in [6.45, 7) is 0.717. The van der Waals surface area contributed by atoms with Crippen LogP contribution in [0.3, 0.4) is 0 Å². The Hall–Kier alpha value is -1.98. The lowest BCUT2D eigenvalue weighted by molar-refractivity contribution is -0.885. The van der Waals surface area contributed by atoms with Gasteiger partial charge in [0.25, 0.3) is 5.91 Å². The minimum Gasteiger partial charge on any atom is -0.326 e. The lowest BCUT2D eigenvalue weighted by Gasteiger charge is -2.14. The Labute approximate surface area is 132 Å². The summed E-state index contributed by atoms with van der Waals surface area (Å²) in [6.07, 6.45) is 0. The first-order valence-electron chi connectivity index (χ1n) is 6.74. The van der Waals surface area contributed by atoms with Crippen LogP contribution in [0.5, 0.6) is 0 Å². The van der Waals surface area contributed by atoms with Crippen molar-refractivity contribution < 1.29 is 18.5 Å². The van der Waals surface area contributed by atoms with Crippen LogP contribution in [0.4, 0.5) is 14.5 Å². The molecule has 22 heavy (non-hydrogen) atoms. The fourth-order valence-electron chi connectivity index (χ4n) is 2.07. The van der Waals surface area contributed by atoms with Gasteiger partial charge in [-0.1, -0.05) is 23.7 Å². The van der Waals surface area contributed by atoms with Gasteiger partial charge in [-0.25, -0.2) is 8.78 Å². The summed E-state index contributed by atoms with van der Waals surface area (Å²) in [7, 11) is 1.83. The molecule has 0 radical (unpaired) electrons. The van der Waals surface area contributed by atoms with E-state index in [-0.39, 0.29) is 24.0 Å². The van der Waals surface area contributed by atoms with E-state index in [9.17, 15) is 13.6 Å². The summed E-state index contributed by atoms with van der Waals surface area (Å²) in [4.78, 5) is 12.8. The number of hydrogen-bond acceptors (Lipinski definition) is 1. The van der Waals surface area contributed by atoms with Crippen molar-refractivity contribution in [2.45, 2.75) is 6.54 Å². The molecular formula is C16H16ClF2N2O+. The molecule has 2 N–H and O–H groups in total. The van der Waals surface area contributed by atoms with E-state index in [0.29, 0.717) is 11.6 Å². The van der Waals surface area contributed by atoms with Crippen LogP contribution in [0.15, 0.2) is 42.5 Å². The minimum absolute atomic E-state index is 0.0621. The van der Waals surface area contributed by atoms with Gasteiger partial charge in [-0.15, -0.1) is 0 Å². The third-order valence-corrected chi connectivity index (χ3v) is 3.32. The summed E-state index contributed by atoms with van der Waals surface area (Å²) in [5, 5.41) is 2.85. The van der Waals surface area contributed by atoms with Crippen molar-refractivity contribution in [2.24, 2.45) is 0 Å². The second-order valence-corrected chi connectivity index (χ2v) is 5.55. The van der Waals surface area contributed by atoms with Gasteiger partial charge in [0.1, 0.15) is 18.2 Å². The number of amides is 1. The molecule has 0 fully saturated rings. The van der Waals surface area contributed by atoms with Gasteiger partial charge in [0.05, 0.1) is 12.7 Å². The van der Waals surface area contributed by atoms with Crippen molar-refractivity contribution in [3.8, 4) is 0 Å². The van der Waals surface area contributed by atoms with Crippen molar-refractivity contribution in [1.29, 1.82) is 0 Å². The van der Waals surface area contributed by atoms with Gasteiger partial charge in [0, 0.05) is 10.6 Å². The summed E-state index contributed by atoms with van der Waals surface area (Å²) in [5.41, 5.74) is 0.979. The standard InChI is InChI=1S/C16H15ClF2N2O/c1-21(9-11-2-5-13(18)6-3-11)10-16(22)20-15-8-12(17)4-7-14(15)19/h2-8H,9-10H2,1H3,(H,20,22)/p+1. The molecule has 0 aliphatic carbocycles. The lowest BCUT2D eigenvalue weighted by Crippen LogP contribution is -3.08. The monoisotopic (exact) mass is 325 g/mol. The Bertz CT molecular complexity index is 662. The maximum Gasteiger partial charge on any atom is 0.279 e. The van der Waals surface area contributed by atoms with Crippen LogP contribution in [-0.2, 0) is 11.3 Å². The molecule has 0 spiro atoms. The summed E-state index contributed by atoms with van der Waals surface area (Å²) >= 11 is 5.77. The zero-order chi connectivity index (χ0) is 16.1. The van der Waals surface area contributed by atoms with Crippen LogP contribution >= 0.6 is 11.6 Å². The van der Waals surface area contributed by atoms with Crippen molar-refractivity contribution in [3.63, 3.8) is 0 Å². The topological polar surface area (TPSA) is 33.5 Å². The van der Waals surface area contributed by atoms with Crippen molar-refractivity contribution in [3.05, 3.63) is 64.7 Å². The Balaban J connectivity index is 1.91. The molecule has 1 amide bonds. The number of benzene rings is 2. The van der Waals surface area contributed by atoms with Crippen molar-refractivity contribution in [1.82, 2.24) is 0 Å². The zero-order valence-corrected chi connectivity index (χ0v) is 12.8. The first-order chi connectivity index (χ1) is 10.4. The first kappa shape index (κ1) is 16.4. The van der Waals surface area contributed by atoms with E-state index in [1.165, 1.54) is 30.3 Å². The average Bonchev–Trinajstić information content (AvgIpc) is 2.45. The highest BCUT2D eigenvalue weighted by molar-refractivity contribution is 6.30. The van der Waals surface area contributed by atoms with E-state index >= 15 is 0 Å². The van der Waals surface area contributed by atoms with Gasteiger partial charge >= 0.3 is 0 Å². The summed E-state index contributed by atoms with van der Waals surface area (Å²) in [5.74, 6) is -1.15. The molecule has 116 valence electrons. The van der Waals surface area contributed by atoms with Crippen molar-refractivity contribution >= 4 is 23.2 Å². The fraction of sp³-hybridized carbons (Fsp3) is 0.188. The Morgan fingerprint density at radius 1 is 1.18 bits per heavy atom. The molecule has 0 saturated heterocycles. The SMILES string of the molecule is C[NH+](CC(=O)Nc1cc(Cl)ccc1F)Cc1ccc(F)cc1. The molecule has 2 aromatic carbocycles. The summed E-state index contributed by atoms with van der Waals surface area (Å²) in [6, 6.07) is 10.1. The van der Waals surface area contributed by atoms with Crippen LogP contribution in [0.25, 0.3) is 0 Å². The molecule has 0 heterocycles. The highest BCUT2D eigenvalue weighted by Crippen LogP contribution is 2.19. The highest BCUT2D eigenvalue weighted by atomic mass is 35.5. The molecule has 0 bridgehead atoms. The normalized spacial score (nSPS) is 12.0. The van der Waals surface area contributed by atoms with E-state index in [1.54, 1.807) is 12.1 Å². The Morgan fingerprint density at radius 3 is 2.55 bits per heavy atom. The van der Waals surface area contributed by atoms with Gasteiger partial charge in [0.2, 0.25) is 0 Å². The molecular weight excluding hydrogens is 310 g/mol. The van der Waals surface area contributed by atoms with E-state index in [0.717, 1.165) is 10.5 Å². The molecule has 6 heteroatoms. The number of carbonyl (C=O) groups is 1. The number of rotatable bonds is 5. The number of hydrogen-bond donors (Lipinski definition) is 2. The Kier molecular flexibility index (Phi) is 5.46. The molecule has 0 saturated carbocycles. The van der Waals surface area contributed by atoms with Crippen LogP contribution < -0.4 is 10.2 Å². The van der Waals surface area contributed by atoms with E-state index in [1.807, 2.05) is 7.05 Å². The molecule has 1 atom stereocenters. The summed E-state index contributed by atoms with van der Waals surface area (Å²) < 4.78 is 26.4. The third-order valence-electron chi connectivity index (χ3n) is 3.08. The number of likely N-dealkylation sites (N-methyl/N-ethyl adjacent to an activating group) is 1. The van der Waals surface area contributed by atoms with E-state index < -0.39 is 5.82 Å². The molecule has 2 aromatic rings. The molecule has 3 nitrogen and oxygen atoms in total. The van der Waals surface area contributed by atoms with Gasteiger partial charge in [-0.3, -0.25) is 4.79 Å². The molecule has 0 aromatic heterocycles. The maximum atomic E-state index is 13.5. The highest BCUT2D eigenvalue weighted by Gasteiger charge is 2.13. The van der Waals surface area contributed by atoms with Crippen LogP contribution in [0.2, 0.25) is 5.02 Å². The van der Waals surface area contributed by atoms with Crippen LogP contribution in [0, 0.1) is 11.6 Å². The fourth-order valence-corrected chi connectivity index (χ4v) is 2.25. The molecule has 0 aliphatic rings. The maximum absolute atomic E-state index is 13.5. The first-order valence-corrected chi connectivity index (χ1v) is 7.12. The van der Waals surface area contributed by atoms with Gasteiger partial charge in [-0.05, 0) is 30.3 Å². The van der Waals surface area contributed by atoms with Crippen LogP contribution in [0.1, 0.15) is 5.56 Å². The predicted octanol–water partition coefficient (Wildman–Crippen LogP) is 2.27. The van der Waals surface area contributed by atoms with Crippen molar-refractivity contribution in [2.75, 3.05) is 18.9 Å². The molecule has 2 rings (SSSR count). The lowest BCUT2D eigenvalue weighted by atomic mass is 10.2. The largest absolute Gasteiger partial charge is 0.326 e. The average molecular weight is 326 g/mol. The Morgan fingerprint density at radius 2 is 1.86 bits per heavy atom. The predicted molar refractivity (Wildman–Crippen MR) is 81.9 cm³/mol. The van der Waals surface area contributed by atoms with Gasteiger partial charge in [-0.2, -0.15) is 0 Å². The van der Waals surface area contributed by atoms with Gasteiger partial charge < -0.3 is 10.2 Å². The number of anilines is 1. The number of quaternary nitrogens is 1. The number of nitrogens with one attached hydrogen (secondary N) is 2. The second kappa shape index (κ2) is 7.33. The van der Waals surface area contributed by atoms with E-state index in [4.69, 9.17) is 11.6 Å². The number of halogens is 3. The number of carbonyl (C=O) groups excluding carboxylic acids is 1. The molecule has 0 aliphatic heterocycles. The molecule has 1 unspecified atom stereocenters. The quantitative estimate of drug-likeness (QED) is 0.869. The second-order valence-electron chi connectivity index (χ2n) is 5.11. The minimum atomic E-state index is -0.533. The smallest absolute Gasteiger partial charge is 0.279 e. The third kappa shape index (κ3) is 4.79. The van der Waals surface area contributed by atoms with Crippen LogP contribution in [-0.4, -0.2) is 19.5 Å². The van der Waals surface area contributed by atoms with Gasteiger partial charge in [0.15, 0.2) is 6.54 Å².